The lowest BCUT2D eigenvalue weighted by molar-refractivity contribution is -0.384. The van der Waals surface area contributed by atoms with Gasteiger partial charge in [0.1, 0.15) is 5.92 Å². The van der Waals surface area contributed by atoms with Crippen molar-refractivity contribution >= 4 is 5.69 Å². The number of nitro groups is 1. The summed E-state index contributed by atoms with van der Waals surface area (Å²) >= 11 is 0. The molecule has 0 heterocycles. The van der Waals surface area contributed by atoms with Gasteiger partial charge in [-0.25, -0.2) is 0 Å². The van der Waals surface area contributed by atoms with Crippen LogP contribution in [0.15, 0.2) is 24.3 Å². The maximum atomic E-state index is 13.3. The summed E-state index contributed by atoms with van der Waals surface area (Å²) in [6.45, 7) is 0. The Balaban J connectivity index is 3.59. The third kappa shape index (κ3) is 3.38. The monoisotopic (exact) mass is 373 g/mol. The number of hydrogen-bond donors (Lipinski definition) is 0. The van der Waals surface area contributed by atoms with E-state index in [1.807, 2.05) is 0 Å². The summed E-state index contributed by atoms with van der Waals surface area (Å²) in [7, 11) is 0. The van der Waals surface area contributed by atoms with Crippen LogP contribution in [0.5, 0.6) is 0 Å². The predicted octanol–water partition coefficient (Wildman–Crippen LogP) is 5.07. The summed E-state index contributed by atoms with van der Waals surface area (Å²) in [5.41, 5.74) is -2.66. The Morgan fingerprint density at radius 3 is 1.33 bits per heavy atom. The Hall–Kier alpha value is -2.08. The Bertz CT molecular complexity index is 579. The molecule has 0 radical (unpaired) electrons. The van der Waals surface area contributed by atoms with Crippen molar-refractivity contribution < 1.29 is 48.8 Å². The topological polar surface area (TPSA) is 43.1 Å². The van der Waals surface area contributed by atoms with E-state index in [2.05, 4.69) is 0 Å². The number of halogens is 10. The molecule has 0 aliphatic rings. The van der Waals surface area contributed by atoms with Crippen LogP contribution in [0.2, 0.25) is 0 Å². The van der Waals surface area contributed by atoms with Gasteiger partial charge in [0, 0.05) is 12.1 Å². The van der Waals surface area contributed by atoms with Crippen molar-refractivity contribution in [3.8, 4) is 0 Å². The van der Waals surface area contributed by atoms with Gasteiger partial charge in [0.2, 0.25) is 0 Å². The van der Waals surface area contributed by atoms with Crippen LogP contribution in [0.4, 0.5) is 49.6 Å². The lowest BCUT2D eigenvalue weighted by Crippen LogP contribution is -2.54. The zero-order valence-electron chi connectivity index (χ0n) is 10.9. The molecule has 0 atom stereocenters. The molecule has 0 amide bonds. The van der Waals surface area contributed by atoms with Gasteiger partial charge in [0.25, 0.3) is 5.69 Å². The fourth-order valence-electron chi connectivity index (χ4n) is 1.76. The first-order valence-corrected chi connectivity index (χ1v) is 5.67. The second kappa shape index (κ2) is 5.77. The van der Waals surface area contributed by atoms with Crippen LogP contribution >= 0.6 is 0 Å². The Labute approximate surface area is 126 Å². The first-order valence-electron chi connectivity index (χ1n) is 5.67. The van der Waals surface area contributed by atoms with Crippen molar-refractivity contribution in [1.82, 2.24) is 0 Å². The minimum Gasteiger partial charge on any atom is -0.258 e. The molecule has 0 aliphatic heterocycles. The quantitative estimate of drug-likeness (QED) is 0.420. The minimum atomic E-state index is -6.71. The van der Waals surface area contributed by atoms with Crippen LogP contribution in [-0.4, -0.2) is 29.1 Å². The molecule has 0 unspecified atom stereocenters. The zero-order chi connectivity index (χ0) is 19.1. The van der Waals surface area contributed by atoms with Gasteiger partial charge in [-0.15, -0.1) is 0 Å². The van der Waals surface area contributed by atoms with Crippen LogP contribution < -0.4 is 0 Å². The molecule has 0 N–H and O–H groups in total. The van der Waals surface area contributed by atoms with E-state index >= 15 is 0 Å². The summed E-state index contributed by atoms with van der Waals surface area (Å²) in [5, 5.41) is 10.3. The van der Waals surface area contributed by atoms with E-state index in [-0.39, 0.29) is 24.3 Å². The summed E-state index contributed by atoms with van der Waals surface area (Å²) in [6, 6.07) is 0.451. The molecule has 0 bridgehead atoms. The SMILES string of the molecule is O=[N+]([O-])c1ccc(C(C(F)(F)C(F)(F)F)C(F)(F)C(F)(F)F)cc1. The molecule has 0 spiro atoms. The van der Waals surface area contributed by atoms with Crippen LogP contribution in [0.25, 0.3) is 0 Å². The average Bonchev–Trinajstić information content (AvgIpc) is 2.36. The molecule has 1 aromatic rings. The molecule has 0 saturated heterocycles. The predicted molar refractivity (Wildman–Crippen MR) is 57.8 cm³/mol. The van der Waals surface area contributed by atoms with Gasteiger partial charge in [0.05, 0.1) is 4.92 Å². The highest BCUT2D eigenvalue weighted by Gasteiger charge is 2.76. The molecule has 3 nitrogen and oxygen atoms in total. The summed E-state index contributed by atoms with van der Waals surface area (Å²) in [5.74, 6) is -17.6. The van der Waals surface area contributed by atoms with Crippen molar-refractivity contribution in [3.63, 3.8) is 0 Å². The van der Waals surface area contributed by atoms with Crippen LogP contribution in [0.3, 0.4) is 0 Å². The maximum Gasteiger partial charge on any atom is 0.454 e. The Morgan fingerprint density at radius 2 is 1.08 bits per heavy atom. The number of nitro benzene ring substituents is 1. The normalized spacial score (nSPS) is 14.1. The molecular weight excluding hydrogens is 368 g/mol. The van der Waals surface area contributed by atoms with E-state index in [0.717, 1.165) is 0 Å². The third-order valence-electron chi connectivity index (χ3n) is 2.92. The minimum absolute atomic E-state index is 0.0118. The molecule has 0 aliphatic carbocycles. The molecule has 1 aromatic carbocycles. The highest BCUT2D eigenvalue weighted by Crippen LogP contribution is 2.56. The van der Waals surface area contributed by atoms with E-state index in [4.69, 9.17) is 0 Å². The zero-order valence-corrected chi connectivity index (χ0v) is 10.9. The first-order chi connectivity index (χ1) is 10.5. The smallest absolute Gasteiger partial charge is 0.258 e. The van der Waals surface area contributed by atoms with Crippen molar-refractivity contribution in [2.75, 3.05) is 0 Å². The van der Waals surface area contributed by atoms with Crippen LogP contribution in [-0.2, 0) is 0 Å². The number of benzene rings is 1. The molecule has 13 heteroatoms. The average molecular weight is 373 g/mol. The van der Waals surface area contributed by atoms with Crippen molar-refractivity contribution in [1.29, 1.82) is 0 Å². The molecule has 0 fully saturated rings. The van der Waals surface area contributed by atoms with Gasteiger partial charge < -0.3 is 0 Å². The number of hydrogen-bond acceptors (Lipinski definition) is 2. The van der Waals surface area contributed by atoms with Gasteiger partial charge >= 0.3 is 24.2 Å². The van der Waals surface area contributed by atoms with E-state index in [0.29, 0.717) is 0 Å². The number of rotatable bonds is 4. The standard InChI is InChI=1S/C11H5F10NO2/c12-8(13,10(16,17)18)7(9(14,15)11(19,20)21)5-1-3-6(4-2-5)22(23)24/h1-4,7H. The number of non-ortho nitro benzene ring substituents is 1. The van der Waals surface area contributed by atoms with Gasteiger partial charge in [0.15, 0.2) is 0 Å². The fourth-order valence-corrected chi connectivity index (χ4v) is 1.76. The maximum absolute atomic E-state index is 13.3. The lowest BCUT2D eigenvalue weighted by Gasteiger charge is -2.35. The van der Waals surface area contributed by atoms with Gasteiger partial charge in [-0.05, 0) is 5.56 Å². The van der Waals surface area contributed by atoms with Gasteiger partial charge in [-0.3, -0.25) is 10.1 Å². The molecule has 0 saturated carbocycles. The van der Waals surface area contributed by atoms with E-state index < -0.39 is 46.3 Å². The highest BCUT2D eigenvalue weighted by molar-refractivity contribution is 5.36. The summed E-state index contributed by atoms with van der Waals surface area (Å²) in [6.07, 6.45) is -13.4. The molecule has 0 aromatic heterocycles. The first kappa shape index (κ1) is 20.0. The van der Waals surface area contributed by atoms with Crippen LogP contribution in [0.1, 0.15) is 11.5 Å². The summed E-state index contributed by atoms with van der Waals surface area (Å²) in [4.78, 5) is 9.19. The lowest BCUT2D eigenvalue weighted by atomic mass is 9.85. The van der Waals surface area contributed by atoms with Gasteiger partial charge in [-0.1, -0.05) is 12.1 Å². The third-order valence-corrected chi connectivity index (χ3v) is 2.92. The molecule has 24 heavy (non-hydrogen) atoms. The number of nitrogens with zero attached hydrogens (tertiary/aromatic N) is 1. The summed E-state index contributed by atoms with van der Waals surface area (Å²) < 4.78 is 127. The molecule has 1 rings (SSSR count). The van der Waals surface area contributed by atoms with Crippen molar-refractivity contribution in [2.45, 2.75) is 30.1 Å². The Morgan fingerprint density at radius 1 is 0.750 bits per heavy atom. The number of alkyl halides is 10. The van der Waals surface area contributed by atoms with Crippen molar-refractivity contribution in [2.24, 2.45) is 0 Å². The Kier molecular flexibility index (Phi) is 4.80. The molecular formula is C11H5F10NO2. The molecule has 136 valence electrons. The fraction of sp³-hybridized carbons (Fsp3) is 0.455. The van der Waals surface area contributed by atoms with Crippen LogP contribution in [0, 0.1) is 10.1 Å². The van der Waals surface area contributed by atoms with E-state index in [1.54, 1.807) is 0 Å². The van der Waals surface area contributed by atoms with Crippen molar-refractivity contribution in [3.05, 3.63) is 39.9 Å². The van der Waals surface area contributed by atoms with E-state index in [1.165, 1.54) is 0 Å². The highest BCUT2D eigenvalue weighted by atomic mass is 19.4. The second-order valence-electron chi connectivity index (χ2n) is 4.52. The second-order valence-corrected chi connectivity index (χ2v) is 4.52. The van der Waals surface area contributed by atoms with Gasteiger partial charge in [-0.2, -0.15) is 43.9 Å². The van der Waals surface area contributed by atoms with E-state index in [9.17, 15) is 54.0 Å². The largest absolute Gasteiger partial charge is 0.454 e.